The van der Waals surface area contributed by atoms with Crippen LogP contribution in [0.1, 0.15) is 75.2 Å². The summed E-state index contributed by atoms with van der Waals surface area (Å²) >= 11 is 5.74. The number of halogens is 2. The molecule has 1 saturated heterocycles. The number of nitrogens with one attached hydrogen (secondary N) is 2. The van der Waals surface area contributed by atoms with Gasteiger partial charge in [0.1, 0.15) is 5.83 Å². The number of likely N-dealkylation sites (N-methyl/N-ethyl adjacent to an activating group) is 1. The van der Waals surface area contributed by atoms with Gasteiger partial charge in [0.2, 0.25) is 0 Å². The summed E-state index contributed by atoms with van der Waals surface area (Å²) in [5.74, 6) is -0.801. The van der Waals surface area contributed by atoms with E-state index in [-0.39, 0.29) is 23.3 Å². The van der Waals surface area contributed by atoms with E-state index >= 15 is 0 Å². The first kappa shape index (κ1) is 45.3. The molecule has 1 aliphatic rings. The summed E-state index contributed by atoms with van der Waals surface area (Å²) in [5, 5.41) is 5.87. The Labute approximate surface area is 273 Å². The van der Waals surface area contributed by atoms with E-state index in [9.17, 15) is 14.0 Å². The molecule has 0 spiro atoms. The lowest BCUT2D eigenvalue weighted by molar-refractivity contribution is -0.117. The number of carbonyl (C=O) groups excluding carboxylic acids is 2. The van der Waals surface area contributed by atoms with Gasteiger partial charge in [-0.2, -0.15) is 0 Å². The third kappa shape index (κ3) is 26.5. The highest BCUT2D eigenvalue weighted by Gasteiger charge is 2.21. The number of nitrogens with zero attached hydrogens (tertiary/aromatic N) is 2. The van der Waals surface area contributed by atoms with Crippen LogP contribution in [0.5, 0.6) is 0 Å². The Morgan fingerprint density at radius 2 is 1.61 bits per heavy atom. The van der Waals surface area contributed by atoms with Crippen molar-refractivity contribution in [3.05, 3.63) is 95.5 Å². The molecule has 0 bridgehead atoms. The zero-order valence-electron chi connectivity index (χ0n) is 28.7. The fraction of sp³-hybridized carbons (Fsp3) is 0.472. The van der Waals surface area contributed by atoms with Crippen LogP contribution in [-0.2, 0) is 9.59 Å². The number of carbonyl (C=O) groups is 2. The van der Waals surface area contributed by atoms with E-state index in [0.29, 0.717) is 29.8 Å². The topological polar surface area (TPSA) is 73.8 Å². The molecule has 248 valence electrons. The van der Waals surface area contributed by atoms with Gasteiger partial charge in [-0.05, 0) is 113 Å². The van der Waals surface area contributed by atoms with Crippen LogP contribution in [0.15, 0.2) is 101 Å². The van der Waals surface area contributed by atoms with Crippen molar-refractivity contribution in [1.82, 2.24) is 15.5 Å². The summed E-state index contributed by atoms with van der Waals surface area (Å²) in [7, 11) is 0. The molecular formula is C36H58ClFN4O2. The molecule has 1 aliphatic heterocycles. The van der Waals surface area contributed by atoms with Gasteiger partial charge in [0, 0.05) is 30.4 Å². The summed E-state index contributed by atoms with van der Waals surface area (Å²) in [4.78, 5) is 28.9. The average Bonchev–Trinajstić information content (AvgIpc) is 2.99. The van der Waals surface area contributed by atoms with Crippen LogP contribution in [0, 0.1) is 0 Å². The second kappa shape index (κ2) is 28.6. The number of aliphatic imine (C=N–C) groups is 1. The van der Waals surface area contributed by atoms with Crippen LogP contribution in [0.4, 0.5) is 4.39 Å². The fourth-order valence-corrected chi connectivity index (χ4v) is 3.38. The first-order valence-corrected chi connectivity index (χ1v) is 15.3. The van der Waals surface area contributed by atoms with Crippen LogP contribution in [0.25, 0.3) is 0 Å². The molecule has 6 nitrogen and oxygen atoms in total. The van der Waals surface area contributed by atoms with Gasteiger partial charge in [-0.25, -0.2) is 4.39 Å². The molecule has 8 heteroatoms. The summed E-state index contributed by atoms with van der Waals surface area (Å²) in [6.07, 6.45) is 13.4. The zero-order valence-corrected chi connectivity index (χ0v) is 29.5. The Balaban J connectivity index is -0.000000642. The molecule has 0 radical (unpaired) electrons. The van der Waals surface area contributed by atoms with Gasteiger partial charge in [-0.1, -0.05) is 66.8 Å². The molecule has 44 heavy (non-hydrogen) atoms. The van der Waals surface area contributed by atoms with Gasteiger partial charge in [-0.3, -0.25) is 14.6 Å². The molecule has 2 N–H and O–H groups in total. The van der Waals surface area contributed by atoms with Gasteiger partial charge in [0.15, 0.2) is 5.78 Å². The zero-order chi connectivity index (χ0) is 34.7. The summed E-state index contributed by atoms with van der Waals surface area (Å²) < 4.78 is 13.2. The second-order valence-corrected chi connectivity index (χ2v) is 11.1. The third-order valence-electron chi connectivity index (χ3n) is 6.06. The molecule has 0 aliphatic carbocycles. The highest BCUT2D eigenvalue weighted by atomic mass is 35.5. The summed E-state index contributed by atoms with van der Waals surface area (Å²) in [5.41, 5.74) is 3.50. The van der Waals surface area contributed by atoms with E-state index in [4.69, 9.17) is 11.6 Å². The van der Waals surface area contributed by atoms with Gasteiger partial charge in [0.05, 0.1) is 11.6 Å². The predicted octanol–water partition coefficient (Wildman–Crippen LogP) is 8.57. The molecular weight excluding hydrogens is 575 g/mol. The number of rotatable bonds is 12. The van der Waals surface area contributed by atoms with Crippen LogP contribution < -0.4 is 10.6 Å². The number of allylic oxidation sites excluding steroid dienone is 9. The van der Waals surface area contributed by atoms with Crippen molar-refractivity contribution >= 4 is 30.0 Å². The minimum absolute atomic E-state index is 0.0682. The minimum Gasteiger partial charge on any atom is -0.352 e. The molecule has 0 atom stereocenters. The van der Waals surface area contributed by atoms with Crippen molar-refractivity contribution in [1.29, 1.82) is 0 Å². The lowest BCUT2D eigenvalue weighted by Crippen LogP contribution is -2.46. The Bertz CT molecular complexity index is 1050. The Kier molecular flexibility index (Phi) is 29.5. The fourth-order valence-electron chi connectivity index (χ4n) is 3.14. The van der Waals surface area contributed by atoms with Gasteiger partial charge < -0.3 is 15.5 Å². The largest absolute Gasteiger partial charge is 0.352 e. The van der Waals surface area contributed by atoms with Gasteiger partial charge in [-0.15, -0.1) is 0 Å². The van der Waals surface area contributed by atoms with E-state index in [1.807, 2.05) is 39.8 Å². The number of piperidine rings is 1. The maximum Gasteiger partial charge on any atom is 0.250 e. The molecule has 0 aromatic rings. The minimum atomic E-state index is -0.622. The summed E-state index contributed by atoms with van der Waals surface area (Å²) in [6.45, 7) is 34.4. The monoisotopic (exact) mass is 632 g/mol. The van der Waals surface area contributed by atoms with Crippen LogP contribution in [-0.4, -0.2) is 61.6 Å². The molecule has 0 aromatic heterocycles. The summed E-state index contributed by atoms with van der Waals surface area (Å²) in [6, 6.07) is 0.934. The van der Waals surface area contributed by atoms with Crippen LogP contribution in [0.2, 0.25) is 0 Å². The van der Waals surface area contributed by atoms with E-state index in [1.165, 1.54) is 23.4 Å². The highest BCUT2D eigenvalue weighted by molar-refractivity contribution is 6.32. The maximum atomic E-state index is 13.2. The van der Waals surface area contributed by atoms with Crippen molar-refractivity contribution in [3.63, 3.8) is 0 Å². The van der Waals surface area contributed by atoms with Gasteiger partial charge >= 0.3 is 0 Å². The van der Waals surface area contributed by atoms with Crippen molar-refractivity contribution in [2.75, 3.05) is 26.2 Å². The number of hydrogen-bond acceptors (Lipinski definition) is 5. The molecule has 0 aromatic carbocycles. The van der Waals surface area contributed by atoms with Crippen LogP contribution in [0.3, 0.4) is 0 Å². The van der Waals surface area contributed by atoms with Crippen molar-refractivity contribution in [2.45, 2.75) is 87.2 Å². The van der Waals surface area contributed by atoms with Gasteiger partial charge in [0.25, 0.3) is 5.91 Å². The first-order valence-electron chi connectivity index (χ1n) is 14.9. The predicted molar refractivity (Wildman–Crippen MR) is 192 cm³/mol. The number of Topliss-reactive ketones (excluding diaryl/α,β-unsaturated/α-hetero) is 1. The average molecular weight is 633 g/mol. The van der Waals surface area contributed by atoms with E-state index in [2.05, 4.69) is 80.8 Å². The third-order valence-corrected chi connectivity index (χ3v) is 6.35. The standard InChI is InChI=1S/C17H26ClFN2O.C11H17NO.C5H10.C3H5N/c1-5-16(19)15(18)10-13(4)17(22)11-20-14-6-8-21(9-7-14)12(2)3;1-5-12-11(13)10(4)8-6-7-9(2)3;1-4-5(2)3;1-3-4-2/h5,10,12,14,20H,1,6-9,11H2,2-4H3;6-8H,4-5H2,1-3H3,(H,12,13);4H,1-3H3;3H,1-2H2/b13-10+,16-15-;8-6-;;. The van der Waals surface area contributed by atoms with Crippen molar-refractivity contribution < 1.29 is 14.0 Å². The number of amides is 1. The molecule has 1 heterocycles. The SMILES string of the molecule is C=C(/C=C\C=C(C)C)C(=O)NCC.C=C/C(F)=C(Cl)\C=C(/C)C(=O)CNC1CCN(C(C)C)CC1.C=CN=C.CC=C(C)C. The number of ketones is 1. The first-order chi connectivity index (χ1) is 20.6. The van der Waals surface area contributed by atoms with E-state index in [0.717, 1.165) is 32.0 Å². The van der Waals surface area contributed by atoms with Crippen molar-refractivity contribution in [2.24, 2.45) is 4.99 Å². The second-order valence-electron chi connectivity index (χ2n) is 10.7. The Morgan fingerprint density at radius 1 is 1.09 bits per heavy atom. The number of likely N-dealkylation sites (tertiary alicyclic amines) is 1. The van der Waals surface area contributed by atoms with E-state index < -0.39 is 5.83 Å². The Morgan fingerprint density at radius 3 is 2.00 bits per heavy atom. The lowest BCUT2D eigenvalue weighted by Gasteiger charge is -2.34. The highest BCUT2D eigenvalue weighted by Crippen LogP contribution is 2.16. The normalized spacial score (nSPS) is 13.8. The van der Waals surface area contributed by atoms with E-state index in [1.54, 1.807) is 13.0 Å². The number of hydrogen-bond donors (Lipinski definition) is 2. The maximum absolute atomic E-state index is 13.2. The molecule has 1 fully saturated rings. The molecule has 0 unspecified atom stereocenters. The molecule has 0 saturated carbocycles. The molecule has 1 rings (SSSR count). The molecule has 1 amide bonds. The van der Waals surface area contributed by atoms with Crippen molar-refractivity contribution in [3.8, 4) is 0 Å². The van der Waals surface area contributed by atoms with Crippen LogP contribution >= 0.6 is 11.6 Å². The quantitative estimate of drug-likeness (QED) is 0.0978. The smallest absolute Gasteiger partial charge is 0.250 e. The Hall–Kier alpha value is -3.13. The lowest BCUT2D eigenvalue weighted by atomic mass is 10.0.